The summed E-state index contributed by atoms with van der Waals surface area (Å²) in [4.78, 5) is 0. The van der Waals surface area contributed by atoms with Crippen molar-refractivity contribution in [3.05, 3.63) is 145 Å². The molecule has 1 heteroatoms. The summed E-state index contributed by atoms with van der Waals surface area (Å²) in [5.74, 6) is 0. The maximum absolute atomic E-state index is 9.20. The highest BCUT2D eigenvalue weighted by molar-refractivity contribution is 6.21. The van der Waals surface area contributed by atoms with E-state index in [9.17, 15) is 5.26 Å². The molecule has 176 valence electrons. The molecule has 0 atom stereocenters. The molecular weight excluding hydrogens is 458 g/mol. The first-order chi connectivity index (χ1) is 18.8. The van der Waals surface area contributed by atoms with Gasteiger partial charge in [-0.3, -0.25) is 0 Å². The van der Waals surface area contributed by atoms with Gasteiger partial charge in [-0.15, -0.1) is 0 Å². The zero-order valence-corrected chi connectivity index (χ0v) is 20.7. The molecule has 0 unspecified atom stereocenters. The molecule has 7 rings (SSSR count). The van der Waals surface area contributed by atoms with E-state index in [0.717, 1.165) is 11.1 Å². The second-order valence-electron chi connectivity index (χ2n) is 9.67. The Morgan fingerprint density at radius 2 is 0.868 bits per heavy atom. The van der Waals surface area contributed by atoms with E-state index in [0.29, 0.717) is 5.56 Å². The van der Waals surface area contributed by atoms with Crippen LogP contribution >= 0.6 is 0 Å². The summed E-state index contributed by atoms with van der Waals surface area (Å²) < 4.78 is 0. The Morgan fingerprint density at radius 3 is 1.47 bits per heavy atom. The van der Waals surface area contributed by atoms with Crippen molar-refractivity contribution in [2.45, 2.75) is 0 Å². The van der Waals surface area contributed by atoms with Crippen molar-refractivity contribution < 1.29 is 0 Å². The van der Waals surface area contributed by atoms with Crippen LogP contribution in [0.15, 0.2) is 140 Å². The lowest BCUT2D eigenvalue weighted by atomic mass is 9.85. The van der Waals surface area contributed by atoms with Crippen molar-refractivity contribution in [3.63, 3.8) is 0 Å². The van der Waals surface area contributed by atoms with E-state index in [2.05, 4.69) is 121 Å². The molecule has 0 saturated carbocycles. The van der Waals surface area contributed by atoms with Crippen LogP contribution in [0.2, 0.25) is 0 Å². The van der Waals surface area contributed by atoms with Crippen LogP contribution in [-0.4, -0.2) is 0 Å². The average molecular weight is 482 g/mol. The molecule has 0 aliphatic rings. The van der Waals surface area contributed by atoms with Crippen molar-refractivity contribution in [2.75, 3.05) is 0 Å². The number of hydrogen-bond acceptors (Lipinski definition) is 1. The van der Waals surface area contributed by atoms with Crippen LogP contribution in [-0.2, 0) is 0 Å². The maximum Gasteiger partial charge on any atom is 0.0991 e. The molecule has 0 aliphatic heterocycles. The predicted molar refractivity (Wildman–Crippen MR) is 160 cm³/mol. The normalized spacial score (nSPS) is 11.1. The van der Waals surface area contributed by atoms with E-state index in [-0.39, 0.29) is 0 Å². The highest BCUT2D eigenvalue weighted by atomic mass is 14.2. The monoisotopic (exact) mass is 481 g/mol. The van der Waals surface area contributed by atoms with Gasteiger partial charge in [-0.1, -0.05) is 115 Å². The Balaban J connectivity index is 1.51. The second kappa shape index (κ2) is 9.04. The molecule has 1 nitrogen and oxygen atoms in total. The Morgan fingerprint density at radius 1 is 0.368 bits per heavy atom. The molecule has 0 aliphatic carbocycles. The Hall–Kier alpha value is -5.19. The first-order valence-electron chi connectivity index (χ1n) is 12.8. The van der Waals surface area contributed by atoms with Gasteiger partial charge in [0.1, 0.15) is 0 Å². The molecule has 0 N–H and O–H groups in total. The van der Waals surface area contributed by atoms with Crippen LogP contribution in [0.25, 0.3) is 65.7 Å². The van der Waals surface area contributed by atoms with Crippen molar-refractivity contribution >= 4 is 32.3 Å². The van der Waals surface area contributed by atoms with Crippen molar-refractivity contribution in [1.82, 2.24) is 0 Å². The number of benzene rings is 7. The molecule has 0 radical (unpaired) electrons. The lowest BCUT2D eigenvalue weighted by Crippen LogP contribution is -1.91. The van der Waals surface area contributed by atoms with Crippen molar-refractivity contribution in [3.8, 4) is 39.4 Å². The van der Waals surface area contributed by atoms with Gasteiger partial charge in [-0.25, -0.2) is 0 Å². The molecule has 38 heavy (non-hydrogen) atoms. The number of rotatable bonds is 3. The Bertz CT molecular complexity index is 1970. The molecule has 0 fully saturated rings. The first kappa shape index (κ1) is 22.0. The van der Waals surface area contributed by atoms with Crippen LogP contribution < -0.4 is 0 Å². The lowest BCUT2D eigenvalue weighted by Gasteiger charge is -2.18. The van der Waals surface area contributed by atoms with Crippen molar-refractivity contribution in [2.24, 2.45) is 0 Å². The third kappa shape index (κ3) is 3.63. The first-order valence-corrected chi connectivity index (χ1v) is 12.8. The molecular formula is C37H23N. The standard InChI is InChI=1S/C37H23N/c38-24-25-16-18-27(19-17-25)29-10-7-11-30(22-29)36-32-12-3-5-14-34(32)37(35-15-6-4-13-33(35)36)31-21-20-26-8-1-2-9-28(26)23-31/h1-23H. The van der Waals surface area contributed by atoms with E-state index in [1.54, 1.807) is 0 Å². The topological polar surface area (TPSA) is 23.8 Å². The minimum absolute atomic E-state index is 0.672. The zero-order valence-electron chi connectivity index (χ0n) is 20.7. The number of nitriles is 1. The van der Waals surface area contributed by atoms with E-state index in [1.165, 1.54) is 54.6 Å². The van der Waals surface area contributed by atoms with Gasteiger partial charge in [-0.05, 0) is 90.0 Å². The highest BCUT2D eigenvalue weighted by Gasteiger charge is 2.17. The van der Waals surface area contributed by atoms with Gasteiger partial charge < -0.3 is 0 Å². The van der Waals surface area contributed by atoms with Crippen LogP contribution in [0.5, 0.6) is 0 Å². The van der Waals surface area contributed by atoms with Crippen LogP contribution in [0.1, 0.15) is 5.56 Å². The largest absolute Gasteiger partial charge is 0.192 e. The summed E-state index contributed by atoms with van der Waals surface area (Å²) in [7, 11) is 0. The zero-order chi connectivity index (χ0) is 25.5. The van der Waals surface area contributed by atoms with Crippen LogP contribution in [0, 0.1) is 11.3 Å². The third-order valence-corrected chi connectivity index (χ3v) is 7.47. The predicted octanol–water partition coefficient (Wildman–Crippen LogP) is 10.0. The average Bonchev–Trinajstić information content (AvgIpc) is 2.99. The molecule has 0 bridgehead atoms. The van der Waals surface area contributed by atoms with Gasteiger partial charge >= 0.3 is 0 Å². The molecule has 0 saturated heterocycles. The second-order valence-corrected chi connectivity index (χ2v) is 9.67. The number of nitrogens with zero attached hydrogens (tertiary/aromatic N) is 1. The van der Waals surface area contributed by atoms with Gasteiger partial charge in [0.2, 0.25) is 0 Å². The molecule has 0 aromatic heterocycles. The van der Waals surface area contributed by atoms with Gasteiger partial charge in [0, 0.05) is 0 Å². The smallest absolute Gasteiger partial charge is 0.0991 e. The third-order valence-electron chi connectivity index (χ3n) is 7.47. The molecule has 7 aromatic rings. The summed E-state index contributed by atoms with van der Waals surface area (Å²) in [6, 6.07) is 51.6. The minimum Gasteiger partial charge on any atom is -0.192 e. The fraction of sp³-hybridized carbons (Fsp3) is 0. The summed E-state index contributed by atoms with van der Waals surface area (Å²) in [6.07, 6.45) is 0. The lowest BCUT2D eigenvalue weighted by molar-refractivity contribution is 1.48. The Labute approximate surface area is 221 Å². The summed E-state index contributed by atoms with van der Waals surface area (Å²) in [6.45, 7) is 0. The molecule has 7 aromatic carbocycles. The van der Waals surface area contributed by atoms with E-state index < -0.39 is 0 Å². The minimum atomic E-state index is 0.672. The van der Waals surface area contributed by atoms with Gasteiger partial charge in [-0.2, -0.15) is 5.26 Å². The Kier molecular flexibility index (Phi) is 5.24. The molecule has 0 heterocycles. The SMILES string of the molecule is N#Cc1ccc(-c2cccc(-c3c4ccccc4c(-c4ccc5ccccc5c4)c4ccccc34)c2)cc1. The quantitative estimate of drug-likeness (QED) is 0.230. The maximum atomic E-state index is 9.20. The van der Waals surface area contributed by atoms with E-state index in [4.69, 9.17) is 0 Å². The van der Waals surface area contributed by atoms with Crippen molar-refractivity contribution in [1.29, 1.82) is 5.26 Å². The summed E-state index contributed by atoms with van der Waals surface area (Å²) in [5, 5.41) is 16.7. The highest BCUT2D eigenvalue weighted by Crippen LogP contribution is 2.44. The van der Waals surface area contributed by atoms with Gasteiger partial charge in [0.05, 0.1) is 11.6 Å². The molecule has 0 amide bonds. The van der Waals surface area contributed by atoms with E-state index in [1.807, 2.05) is 24.3 Å². The fourth-order valence-corrected chi connectivity index (χ4v) is 5.69. The van der Waals surface area contributed by atoms with Crippen LogP contribution in [0.4, 0.5) is 0 Å². The van der Waals surface area contributed by atoms with E-state index >= 15 is 0 Å². The van der Waals surface area contributed by atoms with Gasteiger partial charge in [0.25, 0.3) is 0 Å². The number of fused-ring (bicyclic) bond motifs is 3. The summed E-state index contributed by atoms with van der Waals surface area (Å²) >= 11 is 0. The summed E-state index contributed by atoms with van der Waals surface area (Å²) in [5.41, 5.74) is 7.85. The fourth-order valence-electron chi connectivity index (χ4n) is 5.69. The number of hydrogen-bond donors (Lipinski definition) is 0. The van der Waals surface area contributed by atoms with Gasteiger partial charge in [0.15, 0.2) is 0 Å². The van der Waals surface area contributed by atoms with Crippen LogP contribution in [0.3, 0.4) is 0 Å². The molecule has 0 spiro atoms.